The van der Waals surface area contributed by atoms with Crippen molar-refractivity contribution in [3.63, 3.8) is 0 Å². The van der Waals surface area contributed by atoms with Crippen LogP contribution in [0.1, 0.15) is 35.3 Å². The zero-order valence-corrected chi connectivity index (χ0v) is 21.6. The van der Waals surface area contributed by atoms with Crippen LogP contribution >= 0.6 is 0 Å². The number of benzene rings is 3. The maximum absolute atomic E-state index is 14.2. The molecule has 0 aliphatic heterocycles. The van der Waals surface area contributed by atoms with Crippen LogP contribution in [-0.2, 0) is 6.18 Å². The first kappa shape index (κ1) is 25.8. The van der Waals surface area contributed by atoms with Gasteiger partial charge in [-0.25, -0.2) is 15.0 Å². The van der Waals surface area contributed by atoms with Crippen LogP contribution in [0.3, 0.4) is 0 Å². The maximum Gasteiger partial charge on any atom is 0.416 e. The van der Waals surface area contributed by atoms with Crippen LogP contribution in [0.15, 0.2) is 96.3 Å². The van der Waals surface area contributed by atoms with E-state index in [1.165, 1.54) is 18.5 Å². The van der Waals surface area contributed by atoms with Gasteiger partial charge < -0.3 is 10.3 Å². The van der Waals surface area contributed by atoms with Crippen LogP contribution in [0.4, 0.5) is 19.0 Å². The Hall–Kier alpha value is -5.43. The number of para-hydroxylation sites is 1. The van der Waals surface area contributed by atoms with E-state index in [4.69, 9.17) is 0 Å². The van der Waals surface area contributed by atoms with E-state index in [0.29, 0.717) is 50.3 Å². The monoisotopic (exact) mass is 550 g/mol. The zero-order valence-electron chi connectivity index (χ0n) is 21.6. The van der Waals surface area contributed by atoms with Crippen LogP contribution in [0.5, 0.6) is 0 Å². The number of rotatable bonds is 4. The third-order valence-corrected chi connectivity index (χ3v) is 6.66. The summed E-state index contributed by atoms with van der Waals surface area (Å²) in [5.41, 5.74) is 2.38. The SMILES string of the molecule is CC(Nc1ncnc2nc[nH]c12)c1cc2cccc(C#Cc3ccc(C(F)(F)F)cc3)c2c(=O)n1-c1ccccc1. The Morgan fingerprint density at radius 1 is 0.927 bits per heavy atom. The van der Waals surface area contributed by atoms with Gasteiger partial charge in [0.25, 0.3) is 5.56 Å². The summed E-state index contributed by atoms with van der Waals surface area (Å²) in [6, 6.07) is 20.8. The van der Waals surface area contributed by atoms with Gasteiger partial charge in [-0.15, -0.1) is 0 Å². The van der Waals surface area contributed by atoms with Gasteiger partial charge >= 0.3 is 6.18 Å². The number of nitrogens with zero attached hydrogens (tertiary/aromatic N) is 4. The molecule has 3 aromatic heterocycles. The first-order valence-electron chi connectivity index (χ1n) is 12.6. The summed E-state index contributed by atoms with van der Waals surface area (Å²) >= 11 is 0. The van der Waals surface area contributed by atoms with E-state index >= 15 is 0 Å². The van der Waals surface area contributed by atoms with E-state index in [1.54, 1.807) is 23.0 Å². The highest BCUT2D eigenvalue weighted by Crippen LogP contribution is 2.29. The molecule has 0 saturated carbocycles. The van der Waals surface area contributed by atoms with Gasteiger partial charge in [-0.2, -0.15) is 13.2 Å². The van der Waals surface area contributed by atoms with Crippen molar-refractivity contribution < 1.29 is 13.2 Å². The summed E-state index contributed by atoms with van der Waals surface area (Å²) in [7, 11) is 0. The standard InChI is InChI=1S/C31H21F3N6O/c1-19(39-29-27-28(36-17-35-27)37-18-38-29)25-16-22-7-5-6-21(13-10-20-11-14-23(15-12-20)31(32,33)34)26(22)30(41)40(25)24-8-3-2-4-9-24/h2-9,11-12,14-19H,1H3,(H2,35,36,37,38,39). The number of halogens is 3. The molecule has 202 valence electrons. The third kappa shape index (κ3) is 5.01. The van der Waals surface area contributed by atoms with Gasteiger partial charge in [-0.1, -0.05) is 42.2 Å². The molecule has 0 radical (unpaired) electrons. The van der Waals surface area contributed by atoms with E-state index in [-0.39, 0.29) is 11.6 Å². The number of pyridine rings is 1. The summed E-state index contributed by atoms with van der Waals surface area (Å²) in [4.78, 5) is 29.9. The Labute approximate surface area is 231 Å². The second kappa shape index (κ2) is 10.3. The molecule has 10 heteroatoms. The molecule has 0 aliphatic carbocycles. The molecule has 2 N–H and O–H groups in total. The van der Waals surface area contributed by atoms with Crippen molar-refractivity contribution in [1.82, 2.24) is 24.5 Å². The van der Waals surface area contributed by atoms with Gasteiger partial charge in [0.05, 0.1) is 23.3 Å². The minimum atomic E-state index is -4.42. The Morgan fingerprint density at radius 2 is 1.71 bits per heavy atom. The number of anilines is 1. The van der Waals surface area contributed by atoms with Crippen LogP contribution in [0.25, 0.3) is 27.6 Å². The molecule has 1 unspecified atom stereocenters. The number of H-pyrrole nitrogens is 1. The molecule has 1 atom stereocenters. The first-order chi connectivity index (χ1) is 19.8. The van der Waals surface area contributed by atoms with Crippen molar-refractivity contribution in [2.24, 2.45) is 0 Å². The van der Waals surface area contributed by atoms with Crippen LogP contribution in [0, 0.1) is 11.8 Å². The molecule has 0 spiro atoms. The summed E-state index contributed by atoms with van der Waals surface area (Å²) in [6.45, 7) is 1.93. The lowest BCUT2D eigenvalue weighted by atomic mass is 10.0. The number of nitrogens with one attached hydrogen (secondary N) is 2. The lowest BCUT2D eigenvalue weighted by Crippen LogP contribution is -2.26. The molecule has 41 heavy (non-hydrogen) atoms. The smallest absolute Gasteiger partial charge is 0.360 e. The predicted octanol–water partition coefficient (Wildman–Crippen LogP) is 6.25. The van der Waals surface area contributed by atoms with Gasteiger partial charge in [0.15, 0.2) is 11.5 Å². The van der Waals surface area contributed by atoms with Gasteiger partial charge in [0, 0.05) is 22.5 Å². The summed E-state index contributed by atoms with van der Waals surface area (Å²) in [5.74, 6) is 6.45. The second-order valence-electron chi connectivity index (χ2n) is 9.33. The van der Waals surface area contributed by atoms with Crippen molar-refractivity contribution >= 4 is 27.8 Å². The number of hydrogen-bond donors (Lipinski definition) is 2. The Morgan fingerprint density at radius 3 is 2.46 bits per heavy atom. The fraction of sp³-hybridized carbons (Fsp3) is 0.0968. The maximum atomic E-state index is 14.2. The highest BCUT2D eigenvalue weighted by molar-refractivity contribution is 5.88. The number of imidazole rings is 1. The van der Waals surface area contributed by atoms with Crippen LogP contribution in [0.2, 0.25) is 0 Å². The first-order valence-corrected chi connectivity index (χ1v) is 12.6. The minimum Gasteiger partial charge on any atom is -0.360 e. The molecule has 7 nitrogen and oxygen atoms in total. The highest BCUT2D eigenvalue weighted by atomic mass is 19.4. The van der Waals surface area contributed by atoms with E-state index in [1.807, 2.05) is 49.4 Å². The van der Waals surface area contributed by atoms with Crippen molar-refractivity contribution in [3.05, 3.63) is 124 Å². The molecular weight excluding hydrogens is 529 g/mol. The molecule has 6 aromatic rings. The van der Waals surface area contributed by atoms with E-state index in [2.05, 4.69) is 37.1 Å². The summed E-state index contributed by atoms with van der Waals surface area (Å²) < 4.78 is 40.5. The quantitative estimate of drug-likeness (QED) is 0.254. The number of aromatic nitrogens is 5. The van der Waals surface area contributed by atoms with Crippen molar-refractivity contribution in [3.8, 4) is 17.5 Å². The number of fused-ring (bicyclic) bond motifs is 2. The van der Waals surface area contributed by atoms with E-state index in [9.17, 15) is 18.0 Å². The molecule has 0 aliphatic rings. The van der Waals surface area contributed by atoms with Gasteiger partial charge in [0.2, 0.25) is 0 Å². The van der Waals surface area contributed by atoms with Crippen LogP contribution in [-0.4, -0.2) is 24.5 Å². The number of aromatic amines is 1. The highest BCUT2D eigenvalue weighted by Gasteiger charge is 2.29. The lowest BCUT2D eigenvalue weighted by Gasteiger charge is -2.21. The third-order valence-electron chi connectivity index (χ3n) is 6.66. The molecule has 3 heterocycles. The van der Waals surface area contributed by atoms with Crippen molar-refractivity contribution in [1.29, 1.82) is 0 Å². The number of alkyl halides is 3. The average molecular weight is 551 g/mol. The predicted molar refractivity (Wildman–Crippen MR) is 151 cm³/mol. The zero-order chi connectivity index (χ0) is 28.6. The van der Waals surface area contributed by atoms with Gasteiger partial charge in [0.1, 0.15) is 11.8 Å². The normalized spacial score (nSPS) is 12.2. The van der Waals surface area contributed by atoms with Crippen molar-refractivity contribution in [2.75, 3.05) is 5.32 Å². The summed E-state index contributed by atoms with van der Waals surface area (Å²) in [6.07, 6.45) is -1.46. The Balaban J connectivity index is 1.47. The Bertz CT molecular complexity index is 2000. The van der Waals surface area contributed by atoms with Crippen LogP contribution < -0.4 is 10.9 Å². The largest absolute Gasteiger partial charge is 0.416 e. The van der Waals surface area contributed by atoms with Gasteiger partial charge in [-0.05, 0) is 60.8 Å². The lowest BCUT2D eigenvalue weighted by molar-refractivity contribution is -0.137. The Kier molecular flexibility index (Phi) is 6.47. The molecule has 3 aromatic carbocycles. The fourth-order valence-corrected chi connectivity index (χ4v) is 4.68. The molecule has 0 fully saturated rings. The molecular formula is C31H21F3N6O. The average Bonchev–Trinajstić information content (AvgIpc) is 3.46. The van der Waals surface area contributed by atoms with E-state index < -0.39 is 11.7 Å². The molecule has 0 saturated heterocycles. The van der Waals surface area contributed by atoms with Crippen molar-refractivity contribution in [2.45, 2.75) is 19.1 Å². The molecule has 0 bridgehead atoms. The summed E-state index contributed by atoms with van der Waals surface area (Å²) in [5, 5.41) is 4.46. The molecule has 6 rings (SSSR count). The second-order valence-corrected chi connectivity index (χ2v) is 9.33. The minimum absolute atomic E-state index is 0.274. The fourth-order valence-electron chi connectivity index (χ4n) is 4.68. The van der Waals surface area contributed by atoms with E-state index in [0.717, 1.165) is 12.1 Å². The number of hydrogen-bond acceptors (Lipinski definition) is 5. The van der Waals surface area contributed by atoms with Gasteiger partial charge in [-0.3, -0.25) is 9.36 Å². The molecule has 0 amide bonds. The topological polar surface area (TPSA) is 88.5 Å².